The van der Waals surface area contributed by atoms with E-state index < -0.39 is 17.4 Å². The van der Waals surface area contributed by atoms with Gasteiger partial charge in [0.25, 0.3) is 0 Å². The number of nitrogens with zero attached hydrogens (tertiary/aromatic N) is 1. The van der Waals surface area contributed by atoms with Crippen molar-refractivity contribution in [2.75, 3.05) is 16.9 Å². The van der Waals surface area contributed by atoms with Crippen molar-refractivity contribution in [1.82, 2.24) is 4.90 Å². The van der Waals surface area contributed by atoms with E-state index in [4.69, 9.17) is 5.73 Å². The second kappa shape index (κ2) is 7.25. The van der Waals surface area contributed by atoms with Gasteiger partial charge in [-0.25, -0.2) is 0 Å². The summed E-state index contributed by atoms with van der Waals surface area (Å²) < 4.78 is 0. The number of carbonyl (C=O) groups is 3. The van der Waals surface area contributed by atoms with Crippen molar-refractivity contribution in [2.45, 2.75) is 33.2 Å². The summed E-state index contributed by atoms with van der Waals surface area (Å²) in [5.41, 5.74) is 6.07. The minimum Gasteiger partial charge on any atom is -0.369 e. The van der Waals surface area contributed by atoms with Gasteiger partial charge in [0.15, 0.2) is 0 Å². The number of carbonyl (C=O) groups excluding carboxylic acids is 3. The van der Waals surface area contributed by atoms with Crippen LogP contribution in [0, 0.1) is 5.41 Å². The maximum Gasteiger partial charge on any atom is 0.248 e. The van der Waals surface area contributed by atoms with Crippen molar-refractivity contribution in [1.29, 1.82) is 0 Å². The highest BCUT2D eigenvalue weighted by Gasteiger charge is 2.38. The third-order valence-corrected chi connectivity index (χ3v) is 4.70. The van der Waals surface area contributed by atoms with E-state index in [0.29, 0.717) is 17.3 Å². The molecule has 0 bridgehead atoms. The Morgan fingerprint density at radius 2 is 1.88 bits per heavy atom. The molecule has 0 saturated carbocycles. The van der Waals surface area contributed by atoms with Crippen molar-refractivity contribution >= 4 is 35.2 Å². The maximum atomic E-state index is 12.5. The Hall–Kier alpha value is -2.02. The fourth-order valence-electron chi connectivity index (χ4n) is 2.42. The standard InChI is InChI=1S/C17H23N3O3S/c1-17(2,3)16(23)20-10-24-9-13(20)15(22)19-12-6-4-11(5-7-12)8-14(18)21/h4-7,13H,8-10H2,1-3H3,(H2,18,21)(H,19,22)/t13-/m0/s1. The number of hydrogen-bond donors (Lipinski definition) is 2. The first kappa shape index (κ1) is 18.3. The number of benzene rings is 1. The highest BCUT2D eigenvalue weighted by Crippen LogP contribution is 2.28. The Morgan fingerprint density at radius 1 is 1.25 bits per heavy atom. The number of primary amides is 1. The Morgan fingerprint density at radius 3 is 2.42 bits per heavy atom. The summed E-state index contributed by atoms with van der Waals surface area (Å²) >= 11 is 1.58. The molecule has 0 spiro atoms. The van der Waals surface area contributed by atoms with Crippen LogP contribution >= 0.6 is 11.8 Å². The largest absolute Gasteiger partial charge is 0.369 e. The molecule has 6 nitrogen and oxygen atoms in total. The molecule has 0 unspecified atom stereocenters. The highest BCUT2D eigenvalue weighted by atomic mass is 32.2. The van der Waals surface area contributed by atoms with Gasteiger partial charge in [-0.1, -0.05) is 32.9 Å². The van der Waals surface area contributed by atoms with Crippen molar-refractivity contribution < 1.29 is 14.4 Å². The fraction of sp³-hybridized carbons (Fsp3) is 0.471. The van der Waals surface area contributed by atoms with Crippen LogP contribution in [0.25, 0.3) is 0 Å². The SMILES string of the molecule is CC(C)(C)C(=O)N1CSC[C@H]1C(=O)Nc1ccc(CC(N)=O)cc1. The van der Waals surface area contributed by atoms with E-state index in [-0.39, 0.29) is 18.2 Å². The van der Waals surface area contributed by atoms with Crippen LogP contribution in [0.1, 0.15) is 26.3 Å². The lowest BCUT2D eigenvalue weighted by molar-refractivity contribution is -0.143. The molecule has 1 fully saturated rings. The van der Waals surface area contributed by atoms with Gasteiger partial charge in [0.05, 0.1) is 12.3 Å². The monoisotopic (exact) mass is 349 g/mol. The van der Waals surface area contributed by atoms with Crippen LogP contribution < -0.4 is 11.1 Å². The molecule has 0 aromatic heterocycles. The normalized spacial score (nSPS) is 17.6. The molecule has 0 aliphatic carbocycles. The lowest BCUT2D eigenvalue weighted by Crippen LogP contribution is -2.48. The Bertz CT molecular complexity index is 637. The van der Waals surface area contributed by atoms with Gasteiger partial charge >= 0.3 is 0 Å². The van der Waals surface area contributed by atoms with E-state index in [0.717, 1.165) is 5.56 Å². The summed E-state index contributed by atoms with van der Waals surface area (Å²) in [5, 5.41) is 2.84. The van der Waals surface area contributed by atoms with Gasteiger partial charge in [-0.2, -0.15) is 0 Å². The number of hydrogen-bond acceptors (Lipinski definition) is 4. The number of anilines is 1. The molecule has 24 heavy (non-hydrogen) atoms. The predicted octanol–water partition coefficient (Wildman–Crippen LogP) is 1.60. The molecule has 1 saturated heterocycles. The maximum absolute atomic E-state index is 12.5. The number of thioether (sulfide) groups is 1. The Balaban J connectivity index is 2.03. The average Bonchev–Trinajstić information content (AvgIpc) is 2.96. The van der Waals surface area contributed by atoms with E-state index >= 15 is 0 Å². The fourth-order valence-corrected chi connectivity index (χ4v) is 3.58. The lowest BCUT2D eigenvalue weighted by Gasteiger charge is -2.29. The molecule has 1 aliphatic rings. The molecule has 1 aromatic carbocycles. The molecule has 1 aromatic rings. The van der Waals surface area contributed by atoms with Crippen molar-refractivity contribution in [3.05, 3.63) is 29.8 Å². The molecule has 1 atom stereocenters. The first-order valence-corrected chi connectivity index (χ1v) is 8.91. The van der Waals surface area contributed by atoms with E-state index in [9.17, 15) is 14.4 Å². The number of nitrogens with one attached hydrogen (secondary N) is 1. The third kappa shape index (κ3) is 4.50. The Kier molecular flexibility index (Phi) is 5.54. The van der Waals surface area contributed by atoms with Crippen molar-refractivity contribution in [3.63, 3.8) is 0 Å². The molecule has 1 aliphatic heterocycles. The summed E-state index contributed by atoms with van der Waals surface area (Å²) in [4.78, 5) is 37.5. The van der Waals surface area contributed by atoms with E-state index in [1.165, 1.54) is 0 Å². The molecule has 2 rings (SSSR count). The van der Waals surface area contributed by atoms with Gasteiger partial charge in [-0.05, 0) is 17.7 Å². The first-order chi connectivity index (χ1) is 11.2. The van der Waals surface area contributed by atoms with Gasteiger partial charge in [-0.3, -0.25) is 14.4 Å². The molecule has 1 heterocycles. The van der Waals surface area contributed by atoms with Crippen LogP contribution in [0.3, 0.4) is 0 Å². The van der Waals surface area contributed by atoms with Gasteiger partial charge in [0, 0.05) is 16.9 Å². The van der Waals surface area contributed by atoms with E-state index in [2.05, 4.69) is 5.32 Å². The average molecular weight is 349 g/mol. The van der Waals surface area contributed by atoms with E-state index in [1.54, 1.807) is 40.9 Å². The van der Waals surface area contributed by atoms with Crippen molar-refractivity contribution in [3.8, 4) is 0 Å². The lowest BCUT2D eigenvalue weighted by atomic mass is 9.94. The minimum absolute atomic E-state index is 0.0237. The smallest absolute Gasteiger partial charge is 0.248 e. The molecule has 130 valence electrons. The van der Waals surface area contributed by atoms with Crippen LogP contribution in [0.2, 0.25) is 0 Å². The molecular formula is C17H23N3O3S. The van der Waals surface area contributed by atoms with Crippen LogP contribution in [0.4, 0.5) is 5.69 Å². The van der Waals surface area contributed by atoms with Gasteiger partial charge < -0.3 is 16.0 Å². The predicted molar refractivity (Wildman–Crippen MR) is 95.4 cm³/mol. The summed E-state index contributed by atoms with van der Waals surface area (Å²) in [6, 6.07) is 6.50. The van der Waals surface area contributed by atoms with E-state index in [1.807, 2.05) is 20.8 Å². The van der Waals surface area contributed by atoms with Gasteiger partial charge in [-0.15, -0.1) is 11.8 Å². The van der Waals surface area contributed by atoms with Gasteiger partial charge in [0.2, 0.25) is 17.7 Å². The molecule has 0 radical (unpaired) electrons. The minimum atomic E-state index is -0.514. The Labute approximate surface area is 146 Å². The summed E-state index contributed by atoms with van der Waals surface area (Å²) in [6.07, 6.45) is 0.168. The van der Waals surface area contributed by atoms with Gasteiger partial charge in [0.1, 0.15) is 6.04 Å². The zero-order valence-corrected chi connectivity index (χ0v) is 15.0. The van der Waals surface area contributed by atoms with Crippen LogP contribution in [-0.4, -0.2) is 40.3 Å². The zero-order chi connectivity index (χ0) is 17.9. The number of amides is 3. The molecular weight excluding hydrogens is 326 g/mol. The summed E-state index contributed by atoms with van der Waals surface area (Å²) in [6.45, 7) is 5.56. The number of rotatable bonds is 4. The summed E-state index contributed by atoms with van der Waals surface area (Å²) in [7, 11) is 0. The molecule has 3 N–H and O–H groups in total. The second-order valence-corrected chi connectivity index (χ2v) is 7.87. The molecule has 3 amide bonds. The topological polar surface area (TPSA) is 92.5 Å². The first-order valence-electron chi connectivity index (χ1n) is 7.75. The van der Waals surface area contributed by atoms with Crippen LogP contribution in [0.15, 0.2) is 24.3 Å². The quantitative estimate of drug-likeness (QED) is 0.863. The number of nitrogens with two attached hydrogens (primary N) is 1. The summed E-state index contributed by atoms with van der Waals surface area (Å²) in [5.74, 6) is 0.509. The zero-order valence-electron chi connectivity index (χ0n) is 14.2. The third-order valence-electron chi connectivity index (χ3n) is 3.69. The second-order valence-electron chi connectivity index (χ2n) is 6.87. The van der Waals surface area contributed by atoms with Crippen LogP contribution in [0.5, 0.6) is 0 Å². The highest BCUT2D eigenvalue weighted by molar-refractivity contribution is 7.99. The van der Waals surface area contributed by atoms with Crippen LogP contribution in [-0.2, 0) is 20.8 Å². The van der Waals surface area contributed by atoms with Crippen molar-refractivity contribution in [2.24, 2.45) is 11.1 Å². The molecule has 7 heteroatoms.